The van der Waals surface area contributed by atoms with Crippen molar-refractivity contribution in [3.63, 3.8) is 0 Å². The van der Waals surface area contributed by atoms with Crippen molar-refractivity contribution < 1.29 is 4.74 Å². The van der Waals surface area contributed by atoms with Crippen LogP contribution in [0.3, 0.4) is 0 Å². The first-order valence-electron chi connectivity index (χ1n) is 4.94. The Kier molecular flexibility index (Phi) is 3.40. The zero-order valence-electron chi connectivity index (χ0n) is 9.14. The van der Waals surface area contributed by atoms with Crippen molar-refractivity contribution in [1.82, 2.24) is 4.98 Å². The SMILES string of the molecule is COc1cnc(-c2ccc(Br)cc2)cc1C#N. The van der Waals surface area contributed by atoms with E-state index in [9.17, 15) is 0 Å². The molecule has 1 heterocycles. The van der Waals surface area contributed by atoms with Crippen LogP contribution in [0.2, 0.25) is 0 Å². The van der Waals surface area contributed by atoms with Gasteiger partial charge < -0.3 is 4.74 Å². The van der Waals surface area contributed by atoms with Crippen LogP contribution in [0.15, 0.2) is 41.0 Å². The van der Waals surface area contributed by atoms with Crippen LogP contribution in [0.5, 0.6) is 5.75 Å². The van der Waals surface area contributed by atoms with Gasteiger partial charge in [0, 0.05) is 10.0 Å². The van der Waals surface area contributed by atoms with Gasteiger partial charge in [0.25, 0.3) is 0 Å². The van der Waals surface area contributed by atoms with Crippen molar-refractivity contribution in [2.75, 3.05) is 7.11 Å². The van der Waals surface area contributed by atoms with E-state index >= 15 is 0 Å². The van der Waals surface area contributed by atoms with Crippen LogP contribution in [0.4, 0.5) is 0 Å². The molecule has 0 unspecified atom stereocenters. The number of methoxy groups -OCH3 is 1. The zero-order valence-corrected chi connectivity index (χ0v) is 10.7. The average molecular weight is 289 g/mol. The minimum atomic E-state index is 0.486. The number of nitriles is 1. The maximum Gasteiger partial charge on any atom is 0.154 e. The molecule has 0 N–H and O–H groups in total. The van der Waals surface area contributed by atoms with Gasteiger partial charge in [-0.3, -0.25) is 4.98 Å². The summed E-state index contributed by atoms with van der Waals surface area (Å²) in [5, 5.41) is 9.00. The predicted octanol–water partition coefficient (Wildman–Crippen LogP) is 3.39. The molecule has 17 heavy (non-hydrogen) atoms. The van der Waals surface area contributed by atoms with Gasteiger partial charge in [-0.1, -0.05) is 28.1 Å². The Morgan fingerprint density at radius 3 is 2.59 bits per heavy atom. The number of pyridine rings is 1. The quantitative estimate of drug-likeness (QED) is 0.851. The molecule has 0 amide bonds. The lowest BCUT2D eigenvalue weighted by Gasteiger charge is -2.05. The van der Waals surface area contributed by atoms with Gasteiger partial charge in [-0.2, -0.15) is 5.26 Å². The second kappa shape index (κ2) is 4.98. The molecule has 2 aromatic rings. The minimum absolute atomic E-state index is 0.486. The van der Waals surface area contributed by atoms with E-state index in [-0.39, 0.29) is 0 Å². The van der Waals surface area contributed by atoms with E-state index in [0.29, 0.717) is 11.3 Å². The molecule has 0 spiro atoms. The molecule has 0 saturated carbocycles. The lowest BCUT2D eigenvalue weighted by molar-refractivity contribution is 0.411. The number of nitrogens with zero attached hydrogens (tertiary/aromatic N) is 2. The first kappa shape index (κ1) is 11.6. The first-order valence-corrected chi connectivity index (χ1v) is 5.74. The second-order valence-electron chi connectivity index (χ2n) is 3.39. The van der Waals surface area contributed by atoms with Crippen LogP contribution in [-0.4, -0.2) is 12.1 Å². The number of hydrogen-bond donors (Lipinski definition) is 0. The highest BCUT2D eigenvalue weighted by atomic mass is 79.9. The molecule has 0 aliphatic rings. The average Bonchev–Trinajstić information content (AvgIpc) is 2.39. The Balaban J connectivity index is 2.47. The topological polar surface area (TPSA) is 45.9 Å². The number of hydrogen-bond acceptors (Lipinski definition) is 3. The lowest BCUT2D eigenvalue weighted by atomic mass is 10.1. The summed E-state index contributed by atoms with van der Waals surface area (Å²) in [5.41, 5.74) is 2.21. The number of rotatable bonds is 2. The summed E-state index contributed by atoms with van der Waals surface area (Å²) in [6, 6.07) is 11.6. The molecule has 0 fully saturated rings. The summed E-state index contributed by atoms with van der Waals surface area (Å²) in [7, 11) is 1.52. The second-order valence-corrected chi connectivity index (χ2v) is 4.30. The van der Waals surface area contributed by atoms with Gasteiger partial charge in [-0.15, -0.1) is 0 Å². The molecule has 84 valence electrons. The van der Waals surface area contributed by atoms with Gasteiger partial charge in [-0.05, 0) is 18.2 Å². The number of benzene rings is 1. The van der Waals surface area contributed by atoms with Crippen molar-refractivity contribution in [2.24, 2.45) is 0 Å². The van der Waals surface area contributed by atoms with Crippen LogP contribution in [0.25, 0.3) is 11.3 Å². The predicted molar refractivity (Wildman–Crippen MR) is 68.6 cm³/mol. The Labute approximate surface area is 108 Å². The minimum Gasteiger partial charge on any atom is -0.494 e. The normalized spacial score (nSPS) is 9.71. The van der Waals surface area contributed by atoms with Gasteiger partial charge in [0.15, 0.2) is 5.75 Å². The summed E-state index contributed by atoms with van der Waals surface area (Å²) in [6.45, 7) is 0. The van der Waals surface area contributed by atoms with Gasteiger partial charge in [0.1, 0.15) is 6.07 Å². The lowest BCUT2D eigenvalue weighted by Crippen LogP contribution is -1.91. The van der Waals surface area contributed by atoms with Crippen LogP contribution >= 0.6 is 15.9 Å². The van der Waals surface area contributed by atoms with Crippen molar-refractivity contribution in [3.05, 3.63) is 46.6 Å². The molecule has 3 nitrogen and oxygen atoms in total. The van der Waals surface area contributed by atoms with Crippen molar-refractivity contribution in [1.29, 1.82) is 5.26 Å². The molecule has 4 heteroatoms. The first-order chi connectivity index (χ1) is 8.24. The summed E-state index contributed by atoms with van der Waals surface area (Å²) in [5.74, 6) is 0.494. The van der Waals surface area contributed by atoms with Crippen LogP contribution in [0, 0.1) is 11.3 Å². The van der Waals surface area contributed by atoms with E-state index in [1.807, 2.05) is 24.3 Å². The van der Waals surface area contributed by atoms with E-state index in [1.54, 1.807) is 12.3 Å². The molecule has 0 atom stereocenters. The standard InChI is InChI=1S/C13H9BrN2O/c1-17-13-8-16-12(6-10(13)7-15)9-2-4-11(14)5-3-9/h2-6,8H,1H3. The Morgan fingerprint density at radius 1 is 1.29 bits per heavy atom. The van der Waals surface area contributed by atoms with E-state index < -0.39 is 0 Å². The maximum atomic E-state index is 9.00. The fourth-order valence-electron chi connectivity index (χ4n) is 1.47. The molecule has 0 aliphatic carbocycles. The van der Waals surface area contributed by atoms with Gasteiger partial charge in [-0.25, -0.2) is 0 Å². The summed E-state index contributed by atoms with van der Waals surface area (Å²) in [4.78, 5) is 4.27. The molecule has 0 bridgehead atoms. The van der Waals surface area contributed by atoms with Gasteiger partial charge in [0.05, 0.1) is 24.6 Å². The van der Waals surface area contributed by atoms with Crippen molar-refractivity contribution >= 4 is 15.9 Å². The molecular weight excluding hydrogens is 280 g/mol. The van der Waals surface area contributed by atoms with Gasteiger partial charge in [0.2, 0.25) is 0 Å². The fourth-order valence-corrected chi connectivity index (χ4v) is 1.74. The van der Waals surface area contributed by atoms with E-state index in [2.05, 4.69) is 27.0 Å². The molecule has 1 aromatic carbocycles. The fraction of sp³-hybridized carbons (Fsp3) is 0.0769. The van der Waals surface area contributed by atoms with Crippen molar-refractivity contribution in [3.8, 4) is 23.1 Å². The molecule has 0 aliphatic heterocycles. The highest BCUT2D eigenvalue weighted by molar-refractivity contribution is 9.10. The van der Waals surface area contributed by atoms with Crippen LogP contribution in [-0.2, 0) is 0 Å². The highest BCUT2D eigenvalue weighted by Crippen LogP contribution is 2.24. The largest absolute Gasteiger partial charge is 0.494 e. The molecule has 0 saturated heterocycles. The number of aromatic nitrogens is 1. The summed E-state index contributed by atoms with van der Waals surface area (Å²) < 4.78 is 6.06. The smallest absolute Gasteiger partial charge is 0.154 e. The Morgan fingerprint density at radius 2 is 2.00 bits per heavy atom. The number of ether oxygens (including phenoxy) is 1. The number of halogens is 1. The van der Waals surface area contributed by atoms with Gasteiger partial charge >= 0.3 is 0 Å². The monoisotopic (exact) mass is 288 g/mol. The molecule has 2 rings (SSSR count). The van der Waals surface area contributed by atoms with Crippen LogP contribution in [0.1, 0.15) is 5.56 Å². The van der Waals surface area contributed by atoms with E-state index in [4.69, 9.17) is 10.00 Å². The van der Waals surface area contributed by atoms with Crippen LogP contribution < -0.4 is 4.74 Å². The summed E-state index contributed by atoms with van der Waals surface area (Å²) in [6.07, 6.45) is 1.57. The Bertz CT molecular complexity index is 573. The van der Waals surface area contributed by atoms with E-state index in [1.165, 1.54) is 7.11 Å². The Hall–Kier alpha value is -1.86. The van der Waals surface area contributed by atoms with E-state index in [0.717, 1.165) is 15.7 Å². The maximum absolute atomic E-state index is 9.00. The molecular formula is C13H9BrN2O. The zero-order chi connectivity index (χ0) is 12.3. The highest BCUT2D eigenvalue weighted by Gasteiger charge is 2.06. The molecule has 0 radical (unpaired) electrons. The third-order valence-electron chi connectivity index (χ3n) is 2.35. The molecule has 1 aromatic heterocycles. The van der Waals surface area contributed by atoms with Crippen molar-refractivity contribution in [2.45, 2.75) is 0 Å². The summed E-state index contributed by atoms with van der Waals surface area (Å²) >= 11 is 3.38. The third kappa shape index (κ3) is 2.45. The third-order valence-corrected chi connectivity index (χ3v) is 2.88.